The Kier molecular flexibility index (Phi) is 4.55. The van der Waals surface area contributed by atoms with Crippen LogP contribution in [0.4, 0.5) is 0 Å². The van der Waals surface area contributed by atoms with Crippen LogP contribution in [0.25, 0.3) is 22.0 Å². The van der Waals surface area contributed by atoms with E-state index in [1.807, 2.05) is 18.3 Å². The highest BCUT2D eigenvalue weighted by atomic mass is 35.5. The van der Waals surface area contributed by atoms with E-state index in [0.29, 0.717) is 5.02 Å². The number of fused-ring (bicyclic) bond motifs is 1. The summed E-state index contributed by atoms with van der Waals surface area (Å²) >= 11 is 6.48. The van der Waals surface area contributed by atoms with E-state index in [2.05, 4.69) is 64.6 Å². The number of rotatable bonds is 4. The summed E-state index contributed by atoms with van der Waals surface area (Å²) in [6.45, 7) is 2.16. The quantitative estimate of drug-likeness (QED) is 0.487. The Morgan fingerprint density at radius 2 is 1.85 bits per heavy atom. The molecule has 0 saturated carbocycles. The zero-order valence-corrected chi connectivity index (χ0v) is 15.2. The van der Waals surface area contributed by atoms with Crippen molar-refractivity contribution in [1.29, 1.82) is 0 Å². The number of nitrogens with one attached hydrogen (secondary N) is 1. The van der Waals surface area contributed by atoms with Crippen molar-refractivity contribution >= 4 is 33.7 Å². The highest BCUT2D eigenvalue weighted by Crippen LogP contribution is 2.37. The van der Waals surface area contributed by atoms with Crippen molar-refractivity contribution in [3.63, 3.8) is 0 Å². The van der Waals surface area contributed by atoms with Gasteiger partial charge in [0, 0.05) is 17.8 Å². The van der Waals surface area contributed by atoms with Gasteiger partial charge in [-0.2, -0.15) is 5.10 Å². The van der Waals surface area contributed by atoms with Crippen LogP contribution in [-0.4, -0.2) is 15.2 Å². The average molecular weight is 360 g/mol. The molecule has 4 heteroatoms. The van der Waals surface area contributed by atoms with Gasteiger partial charge in [0.05, 0.1) is 16.7 Å². The highest BCUT2D eigenvalue weighted by molar-refractivity contribution is 6.32. The van der Waals surface area contributed by atoms with Gasteiger partial charge in [0.1, 0.15) is 0 Å². The molecule has 0 aliphatic rings. The Bertz CT molecular complexity index is 1080. The SMILES string of the molecule is CC/C(=C(/c1ccccc1)c1ccc2[nH]ncc2c1)c1ccncc1Cl. The number of benzene rings is 2. The number of allylic oxidation sites excluding steroid dienone is 1. The zero-order chi connectivity index (χ0) is 17.9. The summed E-state index contributed by atoms with van der Waals surface area (Å²) in [4.78, 5) is 4.13. The minimum Gasteiger partial charge on any atom is -0.278 e. The molecule has 0 bridgehead atoms. The van der Waals surface area contributed by atoms with Crippen molar-refractivity contribution in [2.75, 3.05) is 0 Å². The number of H-pyrrole nitrogens is 1. The van der Waals surface area contributed by atoms with E-state index in [-0.39, 0.29) is 0 Å². The van der Waals surface area contributed by atoms with E-state index in [0.717, 1.165) is 28.5 Å². The summed E-state index contributed by atoms with van der Waals surface area (Å²) in [6, 6.07) is 18.8. The molecule has 0 saturated heterocycles. The predicted octanol–water partition coefficient (Wildman–Crippen LogP) is 5.98. The molecule has 0 aliphatic carbocycles. The van der Waals surface area contributed by atoms with E-state index < -0.39 is 0 Å². The summed E-state index contributed by atoms with van der Waals surface area (Å²) in [6.07, 6.45) is 6.21. The molecule has 4 aromatic rings. The molecule has 0 radical (unpaired) electrons. The third-order valence-corrected chi connectivity index (χ3v) is 4.85. The average Bonchev–Trinajstić information content (AvgIpc) is 3.15. The van der Waals surface area contributed by atoms with Gasteiger partial charge in [0.2, 0.25) is 0 Å². The predicted molar refractivity (Wildman–Crippen MR) is 108 cm³/mol. The molecule has 0 amide bonds. The van der Waals surface area contributed by atoms with Gasteiger partial charge < -0.3 is 0 Å². The Balaban J connectivity index is 2.03. The summed E-state index contributed by atoms with van der Waals surface area (Å²) in [5.41, 5.74) is 6.75. The van der Waals surface area contributed by atoms with Crippen LogP contribution in [0.15, 0.2) is 73.2 Å². The first-order chi connectivity index (χ1) is 12.8. The molecule has 0 unspecified atom stereocenters. The van der Waals surface area contributed by atoms with Gasteiger partial charge in [-0.05, 0) is 52.5 Å². The summed E-state index contributed by atoms with van der Waals surface area (Å²) in [5.74, 6) is 0. The lowest BCUT2D eigenvalue weighted by atomic mass is 9.88. The number of aromatic nitrogens is 3. The van der Waals surface area contributed by atoms with E-state index in [9.17, 15) is 0 Å². The molecule has 0 aliphatic heterocycles. The van der Waals surface area contributed by atoms with Crippen LogP contribution < -0.4 is 0 Å². The van der Waals surface area contributed by atoms with Gasteiger partial charge in [-0.15, -0.1) is 0 Å². The number of hydrogen-bond acceptors (Lipinski definition) is 2. The molecule has 0 spiro atoms. The lowest BCUT2D eigenvalue weighted by Crippen LogP contribution is -1.96. The first-order valence-corrected chi connectivity index (χ1v) is 8.97. The van der Waals surface area contributed by atoms with Crippen LogP contribution in [-0.2, 0) is 0 Å². The molecular weight excluding hydrogens is 342 g/mol. The number of hydrogen-bond donors (Lipinski definition) is 1. The van der Waals surface area contributed by atoms with E-state index in [1.165, 1.54) is 16.7 Å². The second-order valence-corrected chi connectivity index (χ2v) is 6.51. The highest BCUT2D eigenvalue weighted by Gasteiger charge is 2.15. The summed E-state index contributed by atoms with van der Waals surface area (Å²) in [5, 5.41) is 8.91. The minimum atomic E-state index is 0.669. The zero-order valence-electron chi connectivity index (χ0n) is 14.4. The fraction of sp³-hybridized carbons (Fsp3) is 0.0909. The fourth-order valence-corrected chi connectivity index (χ4v) is 3.57. The monoisotopic (exact) mass is 359 g/mol. The van der Waals surface area contributed by atoms with Crippen LogP contribution in [0.5, 0.6) is 0 Å². The van der Waals surface area contributed by atoms with Crippen molar-refractivity contribution < 1.29 is 0 Å². The maximum atomic E-state index is 6.48. The second-order valence-electron chi connectivity index (χ2n) is 6.10. The topological polar surface area (TPSA) is 41.6 Å². The third-order valence-electron chi connectivity index (χ3n) is 4.54. The Morgan fingerprint density at radius 1 is 1.00 bits per heavy atom. The standard InChI is InChI=1S/C22H18ClN3/c1-2-18(19-10-11-24-14-20(19)23)22(15-6-4-3-5-7-15)16-8-9-21-17(12-16)13-25-26-21/h3-14H,2H2,1H3,(H,25,26)/b22-18+. The number of halogens is 1. The molecule has 0 atom stereocenters. The second kappa shape index (κ2) is 7.14. The molecule has 26 heavy (non-hydrogen) atoms. The first kappa shape index (κ1) is 16.6. The Hall–Kier alpha value is -2.91. The van der Waals surface area contributed by atoms with Crippen LogP contribution in [0.2, 0.25) is 5.02 Å². The van der Waals surface area contributed by atoms with Gasteiger partial charge >= 0.3 is 0 Å². The summed E-state index contributed by atoms with van der Waals surface area (Å²) in [7, 11) is 0. The van der Waals surface area contributed by atoms with Crippen LogP contribution in [0, 0.1) is 0 Å². The molecule has 2 aromatic carbocycles. The van der Waals surface area contributed by atoms with Crippen LogP contribution in [0.3, 0.4) is 0 Å². The Labute approximate surface area is 157 Å². The van der Waals surface area contributed by atoms with Gasteiger partial charge in [-0.1, -0.05) is 54.9 Å². The molecule has 4 rings (SSSR count). The Morgan fingerprint density at radius 3 is 2.62 bits per heavy atom. The molecular formula is C22H18ClN3. The van der Waals surface area contributed by atoms with Crippen molar-refractivity contribution in [1.82, 2.24) is 15.2 Å². The lowest BCUT2D eigenvalue weighted by Gasteiger charge is -2.17. The molecule has 3 nitrogen and oxygen atoms in total. The van der Waals surface area contributed by atoms with Crippen molar-refractivity contribution in [2.45, 2.75) is 13.3 Å². The number of aromatic amines is 1. The van der Waals surface area contributed by atoms with Gasteiger partial charge in [0.15, 0.2) is 0 Å². The summed E-state index contributed by atoms with van der Waals surface area (Å²) < 4.78 is 0. The maximum absolute atomic E-state index is 6.48. The van der Waals surface area contributed by atoms with Crippen molar-refractivity contribution in [2.24, 2.45) is 0 Å². The number of pyridine rings is 1. The fourth-order valence-electron chi connectivity index (χ4n) is 3.34. The normalized spacial score (nSPS) is 12.2. The molecule has 1 N–H and O–H groups in total. The van der Waals surface area contributed by atoms with Crippen LogP contribution >= 0.6 is 11.6 Å². The number of nitrogens with zero attached hydrogens (tertiary/aromatic N) is 2. The molecule has 0 fully saturated rings. The lowest BCUT2D eigenvalue weighted by molar-refractivity contribution is 1.12. The van der Waals surface area contributed by atoms with Gasteiger partial charge in [-0.3, -0.25) is 10.1 Å². The maximum Gasteiger partial charge on any atom is 0.0664 e. The van der Waals surface area contributed by atoms with Crippen molar-refractivity contribution in [3.05, 3.63) is 94.9 Å². The van der Waals surface area contributed by atoms with E-state index >= 15 is 0 Å². The van der Waals surface area contributed by atoms with Gasteiger partial charge in [-0.25, -0.2) is 0 Å². The van der Waals surface area contributed by atoms with E-state index in [4.69, 9.17) is 11.6 Å². The van der Waals surface area contributed by atoms with Crippen LogP contribution in [0.1, 0.15) is 30.0 Å². The van der Waals surface area contributed by atoms with Gasteiger partial charge in [0.25, 0.3) is 0 Å². The van der Waals surface area contributed by atoms with E-state index in [1.54, 1.807) is 12.4 Å². The largest absolute Gasteiger partial charge is 0.278 e. The minimum absolute atomic E-state index is 0.669. The van der Waals surface area contributed by atoms with Crippen molar-refractivity contribution in [3.8, 4) is 0 Å². The first-order valence-electron chi connectivity index (χ1n) is 8.60. The smallest absolute Gasteiger partial charge is 0.0664 e. The molecule has 128 valence electrons. The third kappa shape index (κ3) is 3.02. The molecule has 2 aromatic heterocycles. The molecule has 2 heterocycles.